The van der Waals surface area contributed by atoms with Crippen LogP contribution in [0.25, 0.3) is 0 Å². The highest BCUT2D eigenvalue weighted by molar-refractivity contribution is 5.10. The number of hydrogen-bond donors (Lipinski definition) is 1. The number of rotatable bonds is 3. The molecule has 0 radical (unpaired) electrons. The van der Waals surface area contributed by atoms with Gasteiger partial charge in [0.05, 0.1) is 5.54 Å². The lowest BCUT2D eigenvalue weighted by Crippen LogP contribution is -2.44. The third kappa shape index (κ3) is 1.47. The first-order valence-electron chi connectivity index (χ1n) is 5.82. The van der Waals surface area contributed by atoms with Crippen molar-refractivity contribution in [2.45, 2.75) is 50.5 Å². The molecule has 2 aliphatic rings. The van der Waals surface area contributed by atoms with Gasteiger partial charge in [-0.05, 0) is 38.0 Å². The Morgan fingerprint density at radius 1 is 1.47 bits per heavy atom. The summed E-state index contributed by atoms with van der Waals surface area (Å²) < 4.78 is 5.31. The molecule has 3 rings (SSSR count). The Morgan fingerprint density at radius 2 is 2.20 bits per heavy atom. The molecule has 0 amide bonds. The second kappa shape index (κ2) is 3.04. The van der Waals surface area contributed by atoms with Crippen molar-refractivity contribution in [3.05, 3.63) is 11.7 Å². The molecule has 0 aromatic carbocycles. The topological polar surface area (TPSA) is 64.9 Å². The van der Waals surface area contributed by atoms with E-state index in [0.29, 0.717) is 5.92 Å². The third-order valence-electron chi connectivity index (χ3n) is 3.85. The van der Waals surface area contributed by atoms with E-state index in [0.717, 1.165) is 30.5 Å². The summed E-state index contributed by atoms with van der Waals surface area (Å²) in [6.07, 6.45) is 5.76. The second-order valence-corrected chi connectivity index (χ2v) is 5.09. The molecule has 1 atom stereocenters. The van der Waals surface area contributed by atoms with E-state index in [4.69, 9.17) is 10.3 Å². The minimum Gasteiger partial charge on any atom is -0.339 e. The Hall–Kier alpha value is -0.900. The second-order valence-electron chi connectivity index (χ2n) is 5.09. The number of nitrogens with two attached hydrogens (primary N) is 1. The zero-order chi connectivity index (χ0) is 10.5. The summed E-state index contributed by atoms with van der Waals surface area (Å²) in [6.45, 7) is 2.17. The highest BCUT2D eigenvalue weighted by Crippen LogP contribution is 2.43. The zero-order valence-electron chi connectivity index (χ0n) is 9.07. The zero-order valence-corrected chi connectivity index (χ0v) is 9.07. The van der Waals surface area contributed by atoms with Crippen LogP contribution in [0.4, 0.5) is 0 Å². The largest absolute Gasteiger partial charge is 0.339 e. The molecule has 15 heavy (non-hydrogen) atoms. The van der Waals surface area contributed by atoms with Gasteiger partial charge in [0, 0.05) is 5.92 Å². The van der Waals surface area contributed by atoms with Crippen LogP contribution in [0.3, 0.4) is 0 Å². The molecule has 1 unspecified atom stereocenters. The Balaban J connectivity index is 1.80. The summed E-state index contributed by atoms with van der Waals surface area (Å²) >= 11 is 0. The van der Waals surface area contributed by atoms with E-state index in [1.54, 1.807) is 0 Å². The van der Waals surface area contributed by atoms with Crippen LogP contribution in [0.15, 0.2) is 4.52 Å². The normalized spacial score (nSPS) is 26.0. The van der Waals surface area contributed by atoms with Gasteiger partial charge in [-0.1, -0.05) is 12.1 Å². The molecule has 1 aromatic heterocycles. The van der Waals surface area contributed by atoms with Crippen molar-refractivity contribution in [2.24, 2.45) is 11.7 Å². The number of aromatic nitrogens is 2. The molecule has 1 aromatic rings. The Bertz CT molecular complexity index is 366. The van der Waals surface area contributed by atoms with Gasteiger partial charge in [-0.15, -0.1) is 0 Å². The molecule has 4 nitrogen and oxygen atoms in total. The first-order chi connectivity index (χ1) is 7.19. The molecular weight excluding hydrogens is 190 g/mol. The Kier molecular flexibility index (Phi) is 1.89. The van der Waals surface area contributed by atoms with Gasteiger partial charge in [0.25, 0.3) is 0 Å². The molecular formula is C11H17N3O. The van der Waals surface area contributed by atoms with Crippen LogP contribution in [-0.4, -0.2) is 10.1 Å². The fourth-order valence-corrected chi connectivity index (χ4v) is 2.20. The molecule has 2 N–H and O–H groups in total. The van der Waals surface area contributed by atoms with Gasteiger partial charge in [-0.2, -0.15) is 4.98 Å². The van der Waals surface area contributed by atoms with Gasteiger partial charge < -0.3 is 10.3 Å². The van der Waals surface area contributed by atoms with E-state index in [1.165, 1.54) is 19.3 Å². The summed E-state index contributed by atoms with van der Waals surface area (Å²) in [5, 5.41) is 4.03. The monoisotopic (exact) mass is 207 g/mol. The van der Waals surface area contributed by atoms with Crippen LogP contribution >= 0.6 is 0 Å². The fraction of sp³-hybridized carbons (Fsp3) is 0.818. The van der Waals surface area contributed by atoms with Crippen LogP contribution < -0.4 is 5.73 Å². The third-order valence-corrected chi connectivity index (χ3v) is 3.85. The van der Waals surface area contributed by atoms with Gasteiger partial charge in [0.15, 0.2) is 5.82 Å². The first kappa shape index (κ1) is 9.33. The lowest BCUT2D eigenvalue weighted by molar-refractivity contribution is 0.228. The molecule has 4 heteroatoms. The van der Waals surface area contributed by atoms with Crippen molar-refractivity contribution in [1.82, 2.24) is 10.1 Å². The van der Waals surface area contributed by atoms with Crippen LogP contribution in [0.1, 0.15) is 56.7 Å². The average Bonchev–Trinajstić information content (AvgIpc) is 2.91. The Morgan fingerprint density at radius 3 is 2.73 bits per heavy atom. The van der Waals surface area contributed by atoms with Crippen molar-refractivity contribution in [1.29, 1.82) is 0 Å². The predicted octanol–water partition coefficient (Wildman–Crippen LogP) is 1.92. The van der Waals surface area contributed by atoms with E-state index in [9.17, 15) is 0 Å². The first-order valence-corrected chi connectivity index (χ1v) is 5.82. The SMILES string of the molecule is CC(c1nc(C2(N)CCC2)no1)C1CC1. The van der Waals surface area contributed by atoms with Crippen molar-refractivity contribution < 1.29 is 4.52 Å². The fourth-order valence-electron chi connectivity index (χ4n) is 2.20. The summed E-state index contributed by atoms with van der Waals surface area (Å²) in [4.78, 5) is 4.46. The van der Waals surface area contributed by atoms with Crippen molar-refractivity contribution in [2.75, 3.05) is 0 Å². The van der Waals surface area contributed by atoms with E-state index < -0.39 is 0 Å². The quantitative estimate of drug-likeness (QED) is 0.822. The van der Waals surface area contributed by atoms with Gasteiger partial charge in [-0.25, -0.2) is 0 Å². The summed E-state index contributed by atoms with van der Waals surface area (Å²) in [7, 11) is 0. The summed E-state index contributed by atoms with van der Waals surface area (Å²) in [5.74, 6) is 2.67. The molecule has 0 bridgehead atoms. The molecule has 2 saturated carbocycles. The molecule has 82 valence electrons. The van der Waals surface area contributed by atoms with E-state index in [-0.39, 0.29) is 5.54 Å². The number of hydrogen-bond acceptors (Lipinski definition) is 4. The van der Waals surface area contributed by atoms with Crippen molar-refractivity contribution in [3.63, 3.8) is 0 Å². The van der Waals surface area contributed by atoms with E-state index in [2.05, 4.69) is 17.1 Å². The average molecular weight is 207 g/mol. The predicted molar refractivity (Wildman–Crippen MR) is 55.2 cm³/mol. The van der Waals surface area contributed by atoms with Crippen LogP contribution in [0, 0.1) is 5.92 Å². The smallest absolute Gasteiger partial charge is 0.229 e. The molecule has 0 spiro atoms. The molecule has 2 fully saturated rings. The number of nitrogens with zero attached hydrogens (tertiary/aromatic N) is 2. The summed E-state index contributed by atoms with van der Waals surface area (Å²) in [6, 6.07) is 0. The van der Waals surface area contributed by atoms with E-state index >= 15 is 0 Å². The molecule has 0 aliphatic heterocycles. The van der Waals surface area contributed by atoms with Gasteiger partial charge in [0.1, 0.15) is 0 Å². The van der Waals surface area contributed by atoms with Gasteiger partial charge in [0.2, 0.25) is 5.89 Å². The molecule has 2 aliphatic carbocycles. The van der Waals surface area contributed by atoms with Crippen LogP contribution in [-0.2, 0) is 5.54 Å². The van der Waals surface area contributed by atoms with Crippen molar-refractivity contribution >= 4 is 0 Å². The maximum Gasteiger partial charge on any atom is 0.229 e. The maximum atomic E-state index is 6.14. The van der Waals surface area contributed by atoms with E-state index in [1.807, 2.05) is 0 Å². The molecule has 0 saturated heterocycles. The van der Waals surface area contributed by atoms with Crippen LogP contribution in [0.5, 0.6) is 0 Å². The standard InChI is InChI=1S/C11H17N3O/c1-7(8-3-4-8)9-13-10(14-15-9)11(12)5-2-6-11/h7-8H,2-6,12H2,1H3. The van der Waals surface area contributed by atoms with Crippen LogP contribution in [0.2, 0.25) is 0 Å². The highest BCUT2D eigenvalue weighted by Gasteiger charge is 2.40. The lowest BCUT2D eigenvalue weighted by Gasteiger charge is -2.34. The highest BCUT2D eigenvalue weighted by atomic mass is 16.5. The minimum absolute atomic E-state index is 0.287. The van der Waals surface area contributed by atoms with Gasteiger partial charge >= 0.3 is 0 Å². The Labute approximate surface area is 89.2 Å². The summed E-state index contributed by atoms with van der Waals surface area (Å²) in [5.41, 5.74) is 5.86. The maximum absolute atomic E-state index is 6.14. The van der Waals surface area contributed by atoms with Crippen molar-refractivity contribution in [3.8, 4) is 0 Å². The van der Waals surface area contributed by atoms with Gasteiger partial charge in [-0.3, -0.25) is 0 Å². The molecule has 1 heterocycles. The lowest BCUT2D eigenvalue weighted by atomic mass is 9.77. The minimum atomic E-state index is -0.287.